The van der Waals surface area contributed by atoms with Crippen molar-refractivity contribution in [1.29, 1.82) is 0 Å². The summed E-state index contributed by atoms with van der Waals surface area (Å²) >= 11 is 1.55. The Hall–Kier alpha value is -2.93. The molecule has 25 heavy (non-hydrogen) atoms. The van der Waals surface area contributed by atoms with Gasteiger partial charge in [-0.25, -0.2) is 9.50 Å². The molecule has 4 rings (SSSR count). The fourth-order valence-electron chi connectivity index (χ4n) is 2.53. The van der Waals surface area contributed by atoms with Gasteiger partial charge in [0.25, 0.3) is 0 Å². The van der Waals surface area contributed by atoms with Crippen LogP contribution < -0.4 is 10.2 Å². The first kappa shape index (κ1) is 15.6. The van der Waals surface area contributed by atoms with Crippen molar-refractivity contribution in [3.63, 3.8) is 0 Å². The lowest BCUT2D eigenvalue weighted by Crippen LogP contribution is -2.08. The molecule has 0 saturated carbocycles. The maximum Gasteiger partial charge on any atom is 0.214 e. The molecular formula is C18H18N6S. The van der Waals surface area contributed by atoms with Crippen molar-refractivity contribution >= 4 is 27.1 Å². The highest BCUT2D eigenvalue weighted by molar-refractivity contribution is 7.20. The molecule has 0 bridgehead atoms. The molecule has 1 N–H and O–H groups in total. The number of nitrogens with zero attached hydrogens (tertiary/aromatic N) is 5. The molecule has 0 fully saturated rings. The highest BCUT2D eigenvalue weighted by atomic mass is 32.1. The predicted octanol–water partition coefficient (Wildman–Crippen LogP) is 3.53. The Morgan fingerprint density at radius 2 is 2.00 bits per heavy atom. The van der Waals surface area contributed by atoms with E-state index in [0.717, 1.165) is 33.6 Å². The molecule has 126 valence electrons. The zero-order valence-corrected chi connectivity index (χ0v) is 14.9. The van der Waals surface area contributed by atoms with Gasteiger partial charge >= 0.3 is 0 Å². The van der Waals surface area contributed by atoms with E-state index in [1.165, 1.54) is 5.56 Å². The van der Waals surface area contributed by atoms with Crippen molar-refractivity contribution in [2.45, 2.75) is 6.54 Å². The van der Waals surface area contributed by atoms with Gasteiger partial charge in [0.1, 0.15) is 0 Å². The van der Waals surface area contributed by atoms with Crippen molar-refractivity contribution in [1.82, 2.24) is 19.6 Å². The minimum absolute atomic E-state index is 0.719. The molecule has 6 nitrogen and oxygen atoms in total. The summed E-state index contributed by atoms with van der Waals surface area (Å²) in [6, 6.07) is 12.3. The van der Waals surface area contributed by atoms with Crippen molar-refractivity contribution in [3.8, 4) is 11.3 Å². The normalized spacial score (nSPS) is 11.0. The highest BCUT2D eigenvalue weighted by Gasteiger charge is 2.10. The summed E-state index contributed by atoms with van der Waals surface area (Å²) in [5.74, 6) is 0. The van der Waals surface area contributed by atoms with Gasteiger partial charge in [0, 0.05) is 44.3 Å². The van der Waals surface area contributed by atoms with Gasteiger partial charge in [-0.15, -0.1) is 5.10 Å². The van der Waals surface area contributed by atoms with Crippen LogP contribution in [0.25, 0.3) is 16.2 Å². The predicted molar refractivity (Wildman–Crippen MR) is 102 cm³/mol. The molecule has 0 unspecified atom stereocenters. The number of rotatable bonds is 5. The standard InChI is InChI=1S/C18H18N6S/c1-23(2)15-5-3-4-14(10-15)16-12-24-18(21-16)25-17(22-24)20-11-13-6-8-19-9-7-13/h3-10,12H,11H2,1-2H3,(H,20,22). The second-order valence-electron chi connectivity index (χ2n) is 5.91. The summed E-state index contributed by atoms with van der Waals surface area (Å²) < 4.78 is 1.83. The minimum atomic E-state index is 0.719. The number of benzene rings is 1. The lowest BCUT2D eigenvalue weighted by Gasteiger charge is -2.12. The summed E-state index contributed by atoms with van der Waals surface area (Å²) in [4.78, 5) is 11.7. The Labute approximate surface area is 149 Å². The number of imidazole rings is 1. The van der Waals surface area contributed by atoms with Crippen LogP contribution in [0.2, 0.25) is 0 Å². The van der Waals surface area contributed by atoms with Gasteiger partial charge in [0.15, 0.2) is 0 Å². The van der Waals surface area contributed by atoms with E-state index in [9.17, 15) is 0 Å². The SMILES string of the molecule is CN(C)c1cccc(-c2cn3nc(NCc4ccncc4)sc3n2)c1. The summed E-state index contributed by atoms with van der Waals surface area (Å²) in [6.07, 6.45) is 5.55. The molecule has 0 aliphatic heterocycles. The van der Waals surface area contributed by atoms with Gasteiger partial charge in [0.05, 0.1) is 11.9 Å². The quantitative estimate of drug-likeness (QED) is 0.597. The minimum Gasteiger partial charge on any atom is -0.378 e. The maximum atomic E-state index is 4.71. The third-order valence-corrected chi connectivity index (χ3v) is 4.77. The average Bonchev–Trinajstić information content (AvgIpc) is 3.19. The summed E-state index contributed by atoms with van der Waals surface area (Å²) in [7, 11) is 4.07. The van der Waals surface area contributed by atoms with E-state index < -0.39 is 0 Å². The van der Waals surface area contributed by atoms with E-state index in [1.807, 2.05) is 43.0 Å². The molecule has 0 aliphatic carbocycles. The van der Waals surface area contributed by atoms with Crippen molar-refractivity contribution in [2.24, 2.45) is 0 Å². The Kier molecular flexibility index (Phi) is 4.07. The van der Waals surface area contributed by atoms with Crippen LogP contribution >= 0.6 is 11.3 Å². The zero-order valence-electron chi connectivity index (χ0n) is 14.0. The first-order valence-electron chi connectivity index (χ1n) is 7.96. The number of anilines is 2. The van der Waals surface area contributed by atoms with Crippen molar-refractivity contribution in [3.05, 3.63) is 60.6 Å². The van der Waals surface area contributed by atoms with Gasteiger partial charge < -0.3 is 10.2 Å². The van der Waals surface area contributed by atoms with Gasteiger partial charge in [-0.3, -0.25) is 4.98 Å². The van der Waals surface area contributed by atoms with Crippen LogP contribution in [0.4, 0.5) is 10.8 Å². The molecule has 3 heterocycles. The monoisotopic (exact) mass is 350 g/mol. The van der Waals surface area contributed by atoms with Crippen molar-refractivity contribution < 1.29 is 0 Å². The number of nitrogens with one attached hydrogen (secondary N) is 1. The van der Waals surface area contributed by atoms with Crippen LogP contribution in [0.5, 0.6) is 0 Å². The Balaban J connectivity index is 1.54. The van der Waals surface area contributed by atoms with Crippen molar-refractivity contribution in [2.75, 3.05) is 24.3 Å². The first-order chi connectivity index (χ1) is 12.2. The van der Waals surface area contributed by atoms with Crippen LogP contribution in [0, 0.1) is 0 Å². The van der Waals surface area contributed by atoms with Crippen LogP contribution in [0.15, 0.2) is 55.0 Å². The summed E-state index contributed by atoms with van der Waals surface area (Å²) in [5.41, 5.74) is 4.35. The van der Waals surface area contributed by atoms with Gasteiger partial charge in [-0.05, 0) is 29.8 Å². The fraction of sp³-hybridized carbons (Fsp3) is 0.167. The Bertz CT molecular complexity index is 958. The zero-order chi connectivity index (χ0) is 17.2. The molecule has 7 heteroatoms. The van der Waals surface area contributed by atoms with Gasteiger partial charge in [-0.1, -0.05) is 23.5 Å². The van der Waals surface area contributed by atoms with Crippen LogP contribution in [0.1, 0.15) is 5.56 Å². The van der Waals surface area contributed by atoms with Crippen LogP contribution in [0.3, 0.4) is 0 Å². The van der Waals surface area contributed by atoms with E-state index in [2.05, 4.69) is 38.5 Å². The Morgan fingerprint density at radius 1 is 1.16 bits per heavy atom. The topological polar surface area (TPSA) is 58.4 Å². The number of hydrogen-bond donors (Lipinski definition) is 1. The number of aromatic nitrogens is 4. The van der Waals surface area contributed by atoms with E-state index in [1.54, 1.807) is 23.7 Å². The molecular weight excluding hydrogens is 332 g/mol. The van der Waals surface area contributed by atoms with Gasteiger partial charge in [-0.2, -0.15) is 0 Å². The molecule has 0 aliphatic rings. The number of pyridine rings is 1. The smallest absolute Gasteiger partial charge is 0.214 e. The highest BCUT2D eigenvalue weighted by Crippen LogP contribution is 2.26. The number of fused-ring (bicyclic) bond motifs is 1. The molecule has 1 aromatic carbocycles. The maximum absolute atomic E-state index is 4.71. The molecule has 0 spiro atoms. The molecule has 0 amide bonds. The summed E-state index contributed by atoms with van der Waals surface area (Å²) in [6.45, 7) is 0.719. The van der Waals surface area contributed by atoms with Crippen LogP contribution in [-0.4, -0.2) is 33.7 Å². The van der Waals surface area contributed by atoms with E-state index >= 15 is 0 Å². The lowest BCUT2D eigenvalue weighted by molar-refractivity contribution is 0.961. The molecule has 3 aromatic heterocycles. The van der Waals surface area contributed by atoms with E-state index in [4.69, 9.17) is 4.98 Å². The van der Waals surface area contributed by atoms with E-state index in [0.29, 0.717) is 0 Å². The van der Waals surface area contributed by atoms with Crippen LogP contribution in [-0.2, 0) is 6.54 Å². The second kappa shape index (κ2) is 6.52. The number of hydrogen-bond acceptors (Lipinski definition) is 6. The van der Waals surface area contributed by atoms with E-state index in [-0.39, 0.29) is 0 Å². The first-order valence-corrected chi connectivity index (χ1v) is 8.77. The second-order valence-corrected chi connectivity index (χ2v) is 6.87. The molecule has 0 atom stereocenters. The fourth-order valence-corrected chi connectivity index (χ4v) is 3.31. The lowest BCUT2D eigenvalue weighted by atomic mass is 10.1. The molecule has 4 aromatic rings. The van der Waals surface area contributed by atoms with Gasteiger partial charge in [0.2, 0.25) is 10.1 Å². The third kappa shape index (κ3) is 3.32. The molecule has 0 saturated heterocycles. The average molecular weight is 350 g/mol. The largest absolute Gasteiger partial charge is 0.378 e. The molecule has 0 radical (unpaired) electrons. The Morgan fingerprint density at radius 3 is 2.76 bits per heavy atom. The summed E-state index contributed by atoms with van der Waals surface area (Å²) in [5, 5.41) is 8.75. The third-order valence-electron chi connectivity index (χ3n) is 3.89.